The van der Waals surface area contributed by atoms with Crippen LogP contribution in [0.3, 0.4) is 0 Å². The van der Waals surface area contributed by atoms with E-state index in [0.717, 1.165) is 39.6 Å². The largest absolute Gasteiger partial charge is 0.383 e. The number of benzene rings is 2. The van der Waals surface area contributed by atoms with E-state index in [9.17, 15) is 22.8 Å². The second-order valence-corrected chi connectivity index (χ2v) is 9.26. The molecule has 3 N–H and O–H groups in total. The Morgan fingerprint density at radius 3 is 2.25 bits per heavy atom. The maximum absolute atomic E-state index is 13.4. The number of rotatable bonds is 7. The summed E-state index contributed by atoms with van der Waals surface area (Å²) in [5, 5.41) is 2.65. The number of amides is 1. The zero-order valence-electron chi connectivity index (χ0n) is 21.3. The lowest BCUT2D eigenvalue weighted by Gasteiger charge is -2.13. The number of nitrogens with zero attached hydrogens (tertiary/aromatic N) is 3. The topological polar surface area (TPSA) is 94.9 Å². The molecule has 5 rings (SSSR count). The summed E-state index contributed by atoms with van der Waals surface area (Å²) in [5.74, 6) is -0.941. The summed E-state index contributed by atoms with van der Waals surface area (Å²) in [6, 6.07) is 15.7. The van der Waals surface area contributed by atoms with E-state index in [1.54, 1.807) is 30.5 Å². The molecule has 0 bridgehead atoms. The summed E-state index contributed by atoms with van der Waals surface area (Å²) in [6.45, 7) is -0.721. The van der Waals surface area contributed by atoms with Gasteiger partial charge in [-0.25, -0.2) is 18.2 Å². The summed E-state index contributed by atoms with van der Waals surface area (Å²) in [6.07, 6.45) is 5.21. The van der Waals surface area contributed by atoms with Crippen molar-refractivity contribution in [2.75, 3.05) is 11.1 Å². The number of carbonyl (C=O) groups excluding carboxylic acids is 1. The van der Waals surface area contributed by atoms with E-state index in [4.69, 9.17) is 5.73 Å². The van der Waals surface area contributed by atoms with Crippen molar-refractivity contribution in [1.29, 1.82) is 0 Å². The van der Waals surface area contributed by atoms with Gasteiger partial charge in [-0.3, -0.25) is 9.59 Å². The first kappa shape index (κ1) is 26.5. The third-order valence-electron chi connectivity index (χ3n) is 6.37. The normalized spacial score (nSPS) is 11.1. The van der Waals surface area contributed by atoms with Gasteiger partial charge < -0.3 is 20.2 Å². The lowest BCUT2D eigenvalue weighted by atomic mass is 10.0. The van der Waals surface area contributed by atoms with Crippen LogP contribution in [0.4, 0.5) is 24.7 Å². The molecule has 0 aliphatic rings. The summed E-state index contributed by atoms with van der Waals surface area (Å²) >= 11 is 0. The Labute approximate surface area is 227 Å². The molecule has 0 aliphatic carbocycles. The van der Waals surface area contributed by atoms with Gasteiger partial charge in [0.1, 0.15) is 17.2 Å². The molecule has 2 aromatic carbocycles. The fourth-order valence-electron chi connectivity index (χ4n) is 4.36. The highest BCUT2D eigenvalue weighted by Gasteiger charge is 2.18. The maximum Gasteiger partial charge on any atom is 0.261 e. The van der Waals surface area contributed by atoms with E-state index in [2.05, 4.69) is 10.3 Å². The van der Waals surface area contributed by atoms with Crippen molar-refractivity contribution in [3.8, 4) is 33.4 Å². The van der Waals surface area contributed by atoms with Crippen LogP contribution in [0.1, 0.15) is 10.4 Å². The van der Waals surface area contributed by atoms with Crippen LogP contribution >= 0.6 is 0 Å². The van der Waals surface area contributed by atoms with Gasteiger partial charge in [-0.1, -0.05) is 24.3 Å². The van der Waals surface area contributed by atoms with Gasteiger partial charge in [0, 0.05) is 66.0 Å². The Balaban J connectivity index is 1.43. The molecule has 5 aromatic rings. The van der Waals surface area contributed by atoms with Gasteiger partial charge in [-0.05, 0) is 47.5 Å². The van der Waals surface area contributed by atoms with Crippen molar-refractivity contribution in [1.82, 2.24) is 14.1 Å². The lowest BCUT2D eigenvalue weighted by molar-refractivity contribution is 0.102. The Hall–Kier alpha value is -5.12. The van der Waals surface area contributed by atoms with Gasteiger partial charge in [-0.2, -0.15) is 0 Å². The summed E-state index contributed by atoms with van der Waals surface area (Å²) in [5.41, 5.74) is 9.19. The Kier molecular flexibility index (Phi) is 7.24. The Morgan fingerprint density at radius 1 is 0.925 bits per heavy atom. The smallest absolute Gasteiger partial charge is 0.261 e. The molecule has 0 atom stereocenters. The predicted molar refractivity (Wildman–Crippen MR) is 149 cm³/mol. The number of carbonyl (C=O) groups is 1. The molecule has 0 fully saturated rings. The highest BCUT2D eigenvalue weighted by molar-refractivity contribution is 6.04. The number of hydrogen-bond donors (Lipinski definition) is 2. The minimum atomic E-state index is -2.71. The van der Waals surface area contributed by atoms with E-state index in [0.29, 0.717) is 22.6 Å². The number of aryl methyl sites for hydroxylation is 1. The maximum atomic E-state index is 13.4. The molecule has 7 nitrogen and oxygen atoms in total. The summed E-state index contributed by atoms with van der Waals surface area (Å²) in [7, 11) is 1.93. The average Bonchev–Trinajstić information content (AvgIpc) is 3.37. The highest BCUT2D eigenvalue weighted by Crippen LogP contribution is 2.30. The van der Waals surface area contributed by atoms with Crippen molar-refractivity contribution in [3.05, 3.63) is 113 Å². The zero-order chi connectivity index (χ0) is 28.4. The molecule has 10 heteroatoms. The number of hydrogen-bond acceptors (Lipinski definition) is 4. The molecule has 3 heterocycles. The second kappa shape index (κ2) is 10.9. The quantitative estimate of drug-likeness (QED) is 0.270. The third-order valence-corrected chi connectivity index (χ3v) is 6.37. The fourth-order valence-corrected chi connectivity index (χ4v) is 4.36. The molecule has 0 saturated carbocycles. The van der Waals surface area contributed by atoms with Gasteiger partial charge in [0.25, 0.3) is 12.3 Å². The Bertz CT molecular complexity index is 1740. The standard InChI is InChI=1S/C30H24F3N5O2/c1-37-11-10-20(14-37)21-12-24(29(34)35-13-21)18-4-8-23(9-5-18)36-30(40)26-16-38(17-27(32)33)15-25(28(26)39)19-2-6-22(31)7-3-19/h2-16,27H,17H2,1H3,(H2,34,35)(H,36,40). The molecule has 0 aliphatic heterocycles. The van der Waals surface area contributed by atoms with Crippen molar-refractivity contribution in [2.24, 2.45) is 7.05 Å². The van der Waals surface area contributed by atoms with Gasteiger partial charge in [0.15, 0.2) is 0 Å². The predicted octanol–water partition coefficient (Wildman–Crippen LogP) is 5.82. The first-order valence-corrected chi connectivity index (χ1v) is 12.3. The number of anilines is 2. The van der Waals surface area contributed by atoms with Crippen LogP contribution in [0, 0.1) is 5.82 Å². The lowest BCUT2D eigenvalue weighted by Crippen LogP contribution is -2.25. The van der Waals surface area contributed by atoms with Gasteiger partial charge in [0.05, 0.1) is 6.54 Å². The van der Waals surface area contributed by atoms with E-state index in [1.807, 2.05) is 36.1 Å². The first-order valence-electron chi connectivity index (χ1n) is 12.3. The summed E-state index contributed by atoms with van der Waals surface area (Å²) < 4.78 is 42.7. The molecule has 0 radical (unpaired) electrons. The monoisotopic (exact) mass is 543 g/mol. The third kappa shape index (κ3) is 5.65. The van der Waals surface area contributed by atoms with Gasteiger partial charge in [-0.15, -0.1) is 0 Å². The molecular formula is C30H24F3N5O2. The van der Waals surface area contributed by atoms with Crippen molar-refractivity contribution < 1.29 is 18.0 Å². The van der Waals surface area contributed by atoms with E-state index in [1.165, 1.54) is 18.3 Å². The number of nitrogens with one attached hydrogen (secondary N) is 1. The van der Waals surface area contributed by atoms with Crippen LogP contribution in [-0.2, 0) is 13.6 Å². The van der Waals surface area contributed by atoms with E-state index < -0.39 is 30.1 Å². The second-order valence-electron chi connectivity index (χ2n) is 9.26. The average molecular weight is 544 g/mol. The number of pyridine rings is 2. The molecule has 0 saturated heterocycles. The molecule has 40 heavy (non-hydrogen) atoms. The van der Waals surface area contributed by atoms with Crippen molar-refractivity contribution in [2.45, 2.75) is 13.0 Å². The van der Waals surface area contributed by atoms with Crippen molar-refractivity contribution >= 4 is 17.4 Å². The highest BCUT2D eigenvalue weighted by atomic mass is 19.3. The number of aromatic nitrogens is 3. The minimum absolute atomic E-state index is 0.00456. The molecule has 0 spiro atoms. The molecule has 1 amide bonds. The van der Waals surface area contributed by atoms with Crippen molar-refractivity contribution in [3.63, 3.8) is 0 Å². The fraction of sp³-hybridized carbons (Fsp3) is 0.100. The van der Waals surface area contributed by atoms with Crippen LogP contribution in [0.2, 0.25) is 0 Å². The Morgan fingerprint density at radius 2 is 1.60 bits per heavy atom. The van der Waals surface area contributed by atoms with Gasteiger partial charge >= 0.3 is 0 Å². The number of halogens is 3. The molecule has 0 unspecified atom stereocenters. The molecule has 202 valence electrons. The van der Waals surface area contributed by atoms with E-state index >= 15 is 0 Å². The number of nitrogens with two attached hydrogens (primary N) is 1. The van der Waals surface area contributed by atoms with Crippen LogP contribution in [0.25, 0.3) is 33.4 Å². The van der Waals surface area contributed by atoms with Gasteiger partial charge in [0.2, 0.25) is 5.43 Å². The van der Waals surface area contributed by atoms with E-state index in [-0.39, 0.29) is 11.1 Å². The summed E-state index contributed by atoms with van der Waals surface area (Å²) in [4.78, 5) is 30.6. The molecule has 3 aromatic heterocycles. The van der Waals surface area contributed by atoms with Crippen LogP contribution in [0.5, 0.6) is 0 Å². The number of nitrogen functional groups attached to an aromatic ring is 1. The molecular weight excluding hydrogens is 519 g/mol. The number of alkyl halides is 2. The van der Waals surface area contributed by atoms with Crippen LogP contribution in [-0.4, -0.2) is 26.5 Å². The minimum Gasteiger partial charge on any atom is -0.383 e. The first-order chi connectivity index (χ1) is 19.2. The zero-order valence-corrected chi connectivity index (χ0v) is 21.3. The SMILES string of the molecule is Cn1ccc(-c2cnc(N)c(-c3ccc(NC(=O)c4cn(CC(F)F)cc(-c5ccc(F)cc5)c4=O)cc3)c2)c1. The van der Waals surface area contributed by atoms with Crippen LogP contribution < -0.4 is 16.5 Å². The van der Waals surface area contributed by atoms with Crippen LogP contribution in [0.15, 0.2) is 96.4 Å².